The molecule has 0 aliphatic rings. The SMILES string of the molecule is CCCCS(=O)(=O)N(CCBr)Cc1ccccc1. The van der Waals surface area contributed by atoms with E-state index in [9.17, 15) is 8.42 Å². The summed E-state index contributed by atoms with van der Waals surface area (Å²) in [4.78, 5) is 0. The summed E-state index contributed by atoms with van der Waals surface area (Å²) in [6.07, 6.45) is 1.61. The van der Waals surface area contributed by atoms with Crippen LogP contribution < -0.4 is 0 Å². The zero-order valence-corrected chi connectivity index (χ0v) is 13.1. The fourth-order valence-electron chi connectivity index (χ4n) is 1.65. The highest BCUT2D eigenvalue weighted by Crippen LogP contribution is 2.11. The Morgan fingerprint density at radius 3 is 2.44 bits per heavy atom. The van der Waals surface area contributed by atoms with Crippen LogP contribution in [0.4, 0.5) is 0 Å². The number of hydrogen-bond donors (Lipinski definition) is 0. The van der Waals surface area contributed by atoms with Crippen LogP contribution in [0.1, 0.15) is 25.3 Å². The number of sulfonamides is 1. The van der Waals surface area contributed by atoms with E-state index in [0.717, 1.165) is 18.4 Å². The highest BCUT2D eigenvalue weighted by molar-refractivity contribution is 9.09. The Bertz CT molecular complexity index is 434. The first-order valence-electron chi connectivity index (χ1n) is 6.18. The largest absolute Gasteiger partial charge is 0.214 e. The van der Waals surface area contributed by atoms with Gasteiger partial charge in [-0.1, -0.05) is 59.6 Å². The highest BCUT2D eigenvalue weighted by atomic mass is 79.9. The lowest BCUT2D eigenvalue weighted by molar-refractivity contribution is 0.425. The molecule has 0 bridgehead atoms. The molecule has 1 aromatic carbocycles. The summed E-state index contributed by atoms with van der Waals surface area (Å²) in [5.41, 5.74) is 1.03. The molecule has 18 heavy (non-hydrogen) atoms. The maximum Gasteiger partial charge on any atom is 0.214 e. The van der Waals surface area contributed by atoms with Gasteiger partial charge >= 0.3 is 0 Å². The molecule has 0 amide bonds. The van der Waals surface area contributed by atoms with Crippen LogP contribution in [0.15, 0.2) is 30.3 Å². The predicted molar refractivity (Wildman–Crippen MR) is 79.3 cm³/mol. The molecule has 0 saturated heterocycles. The Labute approximate surface area is 118 Å². The molecule has 0 spiro atoms. The van der Waals surface area contributed by atoms with Crippen LogP contribution in [-0.4, -0.2) is 30.4 Å². The first kappa shape index (κ1) is 15.7. The average molecular weight is 334 g/mol. The highest BCUT2D eigenvalue weighted by Gasteiger charge is 2.20. The maximum atomic E-state index is 12.2. The number of benzene rings is 1. The Morgan fingerprint density at radius 1 is 1.22 bits per heavy atom. The van der Waals surface area contributed by atoms with Gasteiger partial charge in [0.15, 0.2) is 0 Å². The van der Waals surface area contributed by atoms with Gasteiger partial charge in [0.05, 0.1) is 5.75 Å². The van der Waals surface area contributed by atoms with E-state index in [1.165, 1.54) is 0 Å². The van der Waals surface area contributed by atoms with Gasteiger partial charge in [0.25, 0.3) is 0 Å². The number of rotatable bonds is 8. The number of alkyl halides is 1. The van der Waals surface area contributed by atoms with E-state index in [2.05, 4.69) is 15.9 Å². The number of halogens is 1. The third-order valence-corrected chi connectivity index (χ3v) is 4.94. The fourth-order valence-corrected chi connectivity index (χ4v) is 3.94. The lowest BCUT2D eigenvalue weighted by Crippen LogP contribution is -2.34. The minimum atomic E-state index is -3.14. The van der Waals surface area contributed by atoms with Crippen molar-refractivity contribution >= 4 is 26.0 Å². The van der Waals surface area contributed by atoms with E-state index >= 15 is 0 Å². The first-order chi connectivity index (χ1) is 8.60. The molecule has 0 fully saturated rings. The second kappa shape index (κ2) is 7.92. The minimum absolute atomic E-state index is 0.239. The molecule has 0 saturated carbocycles. The summed E-state index contributed by atoms with van der Waals surface area (Å²) in [6, 6.07) is 9.71. The molecule has 0 radical (unpaired) electrons. The van der Waals surface area contributed by atoms with Gasteiger partial charge in [-0.15, -0.1) is 0 Å². The lowest BCUT2D eigenvalue weighted by Gasteiger charge is -2.21. The minimum Gasteiger partial charge on any atom is -0.212 e. The van der Waals surface area contributed by atoms with Crippen molar-refractivity contribution in [2.24, 2.45) is 0 Å². The van der Waals surface area contributed by atoms with Crippen molar-refractivity contribution in [3.05, 3.63) is 35.9 Å². The smallest absolute Gasteiger partial charge is 0.212 e. The monoisotopic (exact) mass is 333 g/mol. The molecule has 0 aliphatic heterocycles. The summed E-state index contributed by atoms with van der Waals surface area (Å²) < 4.78 is 25.9. The molecule has 1 aromatic rings. The number of unbranched alkanes of at least 4 members (excludes halogenated alkanes) is 1. The van der Waals surface area contributed by atoms with Crippen LogP contribution in [0.3, 0.4) is 0 Å². The molecule has 0 N–H and O–H groups in total. The van der Waals surface area contributed by atoms with Crippen molar-refractivity contribution in [1.82, 2.24) is 4.31 Å². The Balaban J connectivity index is 2.76. The van der Waals surface area contributed by atoms with E-state index in [1.807, 2.05) is 37.3 Å². The topological polar surface area (TPSA) is 37.4 Å². The molecular formula is C13H20BrNO2S. The Hall–Kier alpha value is -0.390. The van der Waals surface area contributed by atoms with Crippen molar-refractivity contribution in [3.63, 3.8) is 0 Å². The van der Waals surface area contributed by atoms with Crippen LogP contribution in [0, 0.1) is 0 Å². The lowest BCUT2D eigenvalue weighted by atomic mass is 10.2. The standard InChI is InChI=1S/C13H20BrNO2S/c1-2-3-11-18(16,17)15(10-9-14)12-13-7-5-4-6-8-13/h4-8H,2-3,9-12H2,1H3. The van der Waals surface area contributed by atoms with E-state index in [1.54, 1.807) is 4.31 Å². The molecule has 1 rings (SSSR count). The van der Waals surface area contributed by atoms with Gasteiger partial charge in [-0.2, -0.15) is 4.31 Å². The van der Waals surface area contributed by atoms with Crippen molar-refractivity contribution in [1.29, 1.82) is 0 Å². The van der Waals surface area contributed by atoms with Gasteiger partial charge in [-0.05, 0) is 12.0 Å². The quantitative estimate of drug-likeness (QED) is 0.686. The third kappa shape index (κ3) is 5.08. The van der Waals surface area contributed by atoms with Crippen LogP contribution in [0.25, 0.3) is 0 Å². The van der Waals surface area contributed by atoms with Gasteiger partial charge < -0.3 is 0 Å². The molecule has 0 unspecified atom stereocenters. The zero-order valence-electron chi connectivity index (χ0n) is 10.7. The molecule has 0 atom stereocenters. The molecule has 0 aliphatic carbocycles. The van der Waals surface area contributed by atoms with E-state index in [4.69, 9.17) is 0 Å². The van der Waals surface area contributed by atoms with Crippen molar-refractivity contribution < 1.29 is 8.42 Å². The van der Waals surface area contributed by atoms with Crippen LogP contribution in [0.2, 0.25) is 0 Å². The molecule has 3 nitrogen and oxygen atoms in total. The van der Waals surface area contributed by atoms with Crippen molar-refractivity contribution in [3.8, 4) is 0 Å². The Kier molecular flexibility index (Phi) is 6.89. The molecule has 102 valence electrons. The summed E-state index contributed by atoms with van der Waals surface area (Å²) in [5.74, 6) is 0.239. The average Bonchev–Trinajstić information content (AvgIpc) is 2.37. The van der Waals surface area contributed by atoms with Gasteiger partial charge in [0, 0.05) is 18.4 Å². The summed E-state index contributed by atoms with van der Waals surface area (Å²) in [6.45, 7) is 2.97. The number of nitrogens with zero attached hydrogens (tertiary/aromatic N) is 1. The zero-order chi connectivity index (χ0) is 13.4. The molecule has 0 heterocycles. The fraction of sp³-hybridized carbons (Fsp3) is 0.538. The second-order valence-corrected chi connectivity index (χ2v) is 7.06. The molecule has 5 heteroatoms. The normalized spacial score (nSPS) is 11.9. The van der Waals surface area contributed by atoms with E-state index < -0.39 is 10.0 Å². The molecule has 0 aromatic heterocycles. The van der Waals surface area contributed by atoms with E-state index in [0.29, 0.717) is 18.4 Å². The van der Waals surface area contributed by atoms with Gasteiger partial charge in [-0.25, -0.2) is 8.42 Å². The number of hydrogen-bond acceptors (Lipinski definition) is 2. The van der Waals surface area contributed by atoms with E-state index in [-0.39, 0.29) is 5.75 Å². The van der Waals surface area contributed by atoms with Crippen LogP contribution in [0.5, 0.6) is 0 Å². The third-order valence-electron chi connectivity index (χ3n) is 2.68. The van der Waals surface area contributed by atoms with Gasteiger partial charge in [0.1, 0.15) is 0 Å². The van der Waals surface area contributed by atoms with Crippen molar-refractivity contribution in [2.75, 3.05) is 17.6 Å². The van der Waals surface area contributed by atoms with Crippen LogP contribution in [-0.2, 0) is 16.6 Å². The first-order valence-corrected chi connectivity index (χ1v) is 8.91. The van der Waals surface area contributed by atoms with Gasteiger partial charge in [-0.3, -0.25) is 0 Å². The summed E-state index contributed by atoms with van der Waals surface area (Å²) >= 11 is 3.32. The molecular weight excluding hydrogens is 314 g/mol. The van der Waals surface area contributed by atoms with Crippen LogP contribution >= 0.6 is 15.9 Å². The summed E-state index contributed by atoms with van der Waals surface area (Å²) in [5, 5.41) is 0.658. The summed E-state index contributed by atoms with van der Waals surface area (Å²) in [7, 11) is -3.14. The Morgan fingerprint density at radius 2 is 1.89 bits per heavy atom. The van der Waals surface area contributed by atoms with Crippen molar-refractivity contribution in [2.45, 2.75) is 26.3 Å². The maximum absolute atomic E-state index is 12.2. The second-order valence-electron chi connectivity index (χ2n) is 4.18. The predicted octanol–water partition coefficient (Wildman–Crippen LogP) is 3.01. The van der Waals surface area contributed by atoms with Gasteiger partial charge in [0.2, 0.25) is 10.0 Å².